The van der Waals surface area contributed by atoms with Gasteiger partial charge in [-0.1, -0.05) is 17.7 Å². The molecule has 2 atom stereocenters. The van der Waals surface area contributed by atoms with Crippen molar-refractivity contribution in [3.05, 3.63) is 29.3 Å². The van der Waals surface area contributed by atoms with E-state index in [-0.39, 0.29) is 6.04 Å². The minimum absolute atomic E-state index is 0.233. The van der Waals surface area contributed by atoms with Gasteiger partial charge in [0.2, 0.25) is 0 Å². The molecule has 4 nitrogen and oxygen atoms in total. The molecule has 5 heteroatoms. The first-order valence-corrected chi connectivity index (χ1v) is 6.78. The number of hydrogen-bond donors (Lipinski definition) is 2. The zero-order valence-corrected chi connectivity index (χ0v) is 11.9. The molecule has 19 heavy (non-hydrogen) atoms. The Morgan fingerprint density at radius 2 is 2.32 bits per heavy atom. The van der Waals surface area contributed by atoms with Crippen LogP contribution < -0.4 is 5.32 Å². The highest BCUT2D eigenvalue weighted by molar-refractivity contribution is 6.30. The van der Waals surface area contributed by atoms with Gasteiger partial charge in [0.1, 0.15) is 5.54 Å². The lowest BCUT2D eigenvalue weighted by atomic mass is 9.83. The minimum atomic E-state index is -0.906. The van der Waals surface area contributed by atoms with Gasteiger partial charge in [-0.3, -0.25) is 0 Å². The summed E-state index contributed by atoms with van der Waals surface area (Å²) in [6.45, 7) is 2.82. The fraction of sp³-hybridized carbons (Fsp3) is 0.500. The lowest BCUT2D eigenvalue weighted by Crippen LogP contribution is -2.56. The Labute approximate surface area is 118 Å². The average Bonchev–Trinajstić information content (AvgIpc) is 2.34. The van der Waals surface area contributed by atoms with Gasteiger partial charge in [0.05, 0.1) is 0 Å². The molecule has 2 unspecified atom stereocenters. The molecule has 1 aromatic rings. The molecule has 1 saturated heterocycles. The van der Waals surface area contributed by atoms with E-state index in [1.165, 1.54) is 0 Å². The smallest absolute Gasteiger partial charge is 0.329 e. The van der Waals surface area contributed by atoms with E-state index >= 15 is 0 Å². The number of carboxylic acids is 1. The summed E-state index contributed by atoms with van der Waals surface area (Å²) in [5, 5.41) is 13.4. The van der Waals surface area contributed by atoms with Crippen LogP contribution >= 0.6 is 11.6 Å². The van der Waals surface area contributed by atoms with Crippen molar-refractivity contribution in [1.29, 1.82) is 0 Å². The maximum atomic E-state index is 11.7. The van der Waals surface area contributed by atoms with Crippen LogP contribution in [0.15, 0.2) is 24.3 Å². The summed E-state index contributed by atoms with van der Waals surface area (Å²) in [6.07, 6.45) is 1.15. The first kappa shape index (κ1) is 14.2. The van der Waals surface area contributed by atoms with Gasteiger partial charge in [-0.2, -0.15) is 0 Å². The van der Waals surface area contributed by atoms with Gasteiger partial charge in [-0.05, 0) is 45.0 Å². The highest BCUT2D eigenvalue weighted by atomic mass is 35.5. The summed E-state index contributed by atoms with van der Waals surface area (Å²) in [5.41, 5.74) is -0.150. The predicted molar refractivity (Wildman–Crippen MR) is 76.8 cm³/mol. The zero-order chi connectivity index (χ0) is 14.0. The first-order chi connectivity index (χ1) is 8.93. The third-order valence-electron chi connectivity index (χ3n) is 3.91. The molecule has 0 spiro atoms. The maximum absolute atomic E-state index is 11.7. The maximum Gasteiger partial charge on any atom is 0.329 e. The summed E-state index contributed by atoms with van der Waals surface area (Å²) in [6, 6.07) is 7.43. The van der Waals surface area contributed by atoms with Gasteiger partial charge in [0.25, 0.3) is 0 Å². The largest absolute Gasteiger partial charge is 0.480 e. The summed E-state index contributed by atoms with van der Waals surface area (Å²) in [4.78, 5) is 13.9. The Morgan fingerprint density at radius 1 is 1.58 bits per heavy atom. The third kappa shape index (κ3) is 3.01. The van der Waals surface area contributed by atoms with Crippen LogP contribution in [0.2, 0.25) is 5.02 Å². The summed E-state index contributed by atoms with van der Waals surface area (Å²) in [7, 11) is 2.02. The molecule has 1 aliphatic heterocycles. The highest BCUT2D eigenvalue weighted by Gasteiger charge is 2.43. The van der Waals surface area contributed by atoms with E-state index in [2.05, 4.69) is 17.1 Å². The molecule has 2 N–H and O–H groups in total. The van der Waals surface area contributed by atoms with Crippen LogP contribution in [0.1, 0.15) is 19.8 Å². The molecule has 1 aromatic carbocycles. The van der Waals surface area contributed by atoms with E-state index in [1.807, 2.05) is 19.2 Å². The second kappa shape index (κ2) is 5.39. The van der Waals surface area contributed by atoms with Gasteiger partial charge < -0.3 is 15.3 Å². The van der Waals surface area contributed by atoms with Crippen LogP contribution in [0.3, 0.4) is 0 Å². The zero-order valence-electron chi connectivity index (χ0n) is 11.2. The summed E-state index contributed by atoms with van der Waals surface area (Å²) >= 11 is 5.94. The lowest BCUT2D eigenvalue weighted by molar-refractivity contribution is -0.144. The van der Waals surface area contributed by atoms with E-state index < -0.39 is 11.5 Å². The number of likely N-dealkylation sites (tertiary alicyclic amines) is 1. The molecule has 0 amide bonds. The van der Waals surface area contributed by atoms with Gasteiger partial charge in [-0.25, -0.2) is 4.79 Å². The Hall–Kier alpha value is -1.26. The molecule has 0 bridgehead atoms. The Bertz CT molecular complexity index is 480. The summed E-state index contributed by atoms with van der Waals surface area (Å²) < 4.78 is 0. The molecule has 0 saturated carbocycles. The van der Waals surface area contributed by atoms with Crippen molar-refractivity contribution in [3.8, 4) is 0 Å². The molecule has 1 heterocycles. The van der Waals surface area contributed by atoms with Crippen LogP contribution in [0, 0.1) is 0 Å². The second-order valence-corrected chi connectivity index (χ2v) is 5.74. The molecule has 1 aliphatic rings. The fourth-order valence-electron chi connectivity index (χ4n) is 2.55. The molecule has 104 valence electrons. The number of carbonyl (C=O) groups is 1. The van der Waals surface area contributed by atoms with Crippen molar-refractivity contribution in [2.75, 3.05) is 18.9 Å². The van der Waals surface area contributed by atoms with E-state index in [1.54, 1.807) is 12.1 Å². The van der Waals surface area contributed by atoms with Crippen molar-refractivity contribution in [2.24, 2.45) is 0 Å². The number of benzene rings is 1. The van der Waals surface area contributed by atoms with Crippen molar-refractivity contribution in [1.82, 2.24) is 4.90 Å². The minimum Gasteiger partial charge on any atom is -0.480 e. The molecule has 0 aromatic heterocycles. The van der Waals surface area contributed by atoms with Crippen molar-refractivity contribution in [3.63, 3.8) is 0 Å². The van der Waals surface area contributed by atoms with E-state index in [4.69, 9.17) is 11.6 Å². The van der Waals surface area contributed by atoms with Gasteiger partial charge in [0.15, 0.2) is 0 Å². The van der Waals surface area contributed by atoms with Gasteiger partial charge in [-0.15, -0.1) is 0 Å². The number of nitrogens with zero attached hydrogens (tertiary/aromatic N) is 1. The van der Waals surface area contributed by atoms with E-state index in [9.17, 15) is 9.90 Å². The van der Waals surface area contributed by atoms with E-state index in [0.717, 1.165) is 12.2 Å². The fourth-order valence-corrected chi connectivity index (χ4v) is 2.74. The number of anilines is 1. The number of rotatable bonds is 3. The van der Waals surface area contributed by atoms with Crippen LogP contribution in [0.4, 0.5) is 5.69 Å². The van der Waals surface area contributed by atoms with Crippen molar-refractivity contribution < 1.29 is 9.90 Å². The normalized spacial score (nSPS) is 28.1. The monoisotopic (exact) mass is 282 g/mol. The molecule has 0 radical (unpaired) electrons. The number of carboxylic acid groups (broad SMARTS) is 1. The second-order valence-electron chi connectivity index (χ2n) is 5.31. The summed E-state index contributed by atoms with van der Waals surface area (Å²) in [5.74, 6) is -0.799. The molecular weight excluding hydrogens is 264 g/mol. The Morgan fingerprint density at radius 3 is 2.89 bits per heavy atom. The molecule has 0 aliphatic carbocycles. The van der Waals surface area contributed by atoms with Crippen LogP contribution in [-0.2, 0) is 4.79 Å². The first-order valence-electron chi connectivity index (χ1n) is 6.40. The lowest BCUT2D eigenvalue weighted by Gasteiger charge is -2.42. The molecule has 1 fully saturated rings. The highest BCUT2D eigenvalue weighted by Crippen LogP contribution is 2.31. The van der Waals surface area contributed by atoms with E-state index in [0.29, 0.717) is 17.9 Å². The SMILES string of the molecule is CC1CC(Nc2cccc(Cl)c2)(C(=O)O)CCN1C. The van der Waals surface area contributed by atoms with Crippen molar-refractivity contribution in [2.45, 2.75) is 31.3 Å². The topological polar surface area (TPSA) is 52.6 Å². The number of halogens is 1. The molecule has 2 rings (SSSR count). The van der Waals surface area contributed by atoms with Gasteiger partial charge in [0, 0.05) is 23.3 Å². The van der Waals surface area contributed by atoms with Crippen LogP contribution in [0.5, 0.6) is 0 Å². The number of aliphatic carboxylic acids is 1. The van der Waals surface area contributed by atoms with Gasteiger partial charge >= 0.3 is 5.97 Å². The predicted octanol–water partition coefficient (Wildman–Crippen LogP) is 2.69. The van der Waals surface area contributed by atoms with Crippen LogP contribution in [0.25, 0.3) is 0 Å². The quantitative estimate of drug-likeness (QED) is 0.895. The van der Waals surface area contributed by atoms with Crippen molar-refractivity contribution >= 4 is 23.3 Å². The van der Waals surface area contributed by atoms with Crippen LogP contribution in [-0.4, -0.2) is 41.1 Å². The standard InChI is InChI=1S/C14H19ClN2O2/c1-10-9-14(13(18)19,6-7-17(10)2)16-12-5-3-4-11(15)8-12/h3-5,8,10,16H,6-7,9H2,1-2H3,(H,18,19). The Balaban J connectivity index is 2.23. The number of nitrogens with one attached hydrogen (secondary N) is 1. The third-order valence-corrected chi connectivity index (χ3v) is 4.14. The Kier molecular flexibility index (Phi) is 4.02. The number of hydrogen-bond acceptors (Lipinski definition) is 3. The number of piperidine rings is 1. The molecular formula is C14H19ClN2O2. The average molecular weight is 283 g/mol.